The van der Waals surface area contributed by atoms with Crippen molar-refractivity contribution in [3.8, 4) is 10.8 Å². The van der Waals surface area contributed by atoms with Crippen LogP contribution in [0.1, 0.15) is 25.3 Å². The fourth-order valence-corrected chi connectivity index (χ4v) is 3.73. The predicted octanol–water partition coefficient (Wildman–Crippen LogP) is 2.68. The number of hydrogen-bond acceptors (Lipinski definition) is 8. The lowest BCUT2D eigenvalue weighted by Gasteiger charge is -2.21. The van der Waals surface area contributed by atoms with Gasteiger partial charge in [-0.25, -0.2) is 4.79 Å². The number of ether oxygens (including phenoxy) is 1. The molecule has 0 aliphatic heterocycles. The lowest BCUT2D eigenvalue weighted by Crippen LogP contribution is -2.40. The van der Waals surface area contributed by atoms with E-state index in [9.17, 15) is 19.2 Å². The summed E-state index contributed by atoms with van der Waals surface area (Å²) >= 11 is 1.37. The Bertz CT molecular complexity index is 1180. The van der Waals surface area contributed by atoms with E-state index in [1.807, 2.05) is 43.5 Å². The van der Waals surface area contributed by atoms with E-state index in [0.717, 1.165) is 10.2 Å². The van der Waals surface area contributed by atoms with Crippen molar-refractivity contribution in [2.75, 3.05) is 25.0 Å². The van der Waals surface area contributed by atoms with Gasteiger partial charge in [0.1, 0.15) is 0 Å². The minimum atomic E-state index is -0.680. The van der Waals surface area contributed by atoms with Crippen molar-refractivity contribution in [3.05, 3.63) is 57.9 Å². The van der Waals surface area contributed by atoms with E-state index in [2.05, 4.69) is 10.4 Å². The molecule has 0 saturated heterocycles. The molecule has 0 fully saturated rings. The number of aryl methyl sites for hydroxylation is 2. The van der Waals surface area contributed by atoms with E-state index in [1.165, 1.54) is 16.2 Å². The van der Waals surface area contributed by atoms with Crippen molar-refractivity contribution in [1.82, 2.24) is 14.7 Å². The van der Waals surface area contributed by atoms with Crippen molar-refractivity contribution in [3.63, 3.8) is 0 Å². The molecule has 0 spiro atoms. The lowest BCUT2D eigenvalue weighted by atomic mass is 10.2. The molecule has 10 nitrogen and oxygen atoms in total. The molecule has 2 aromatic heterocycles. The van der Waals surface area contributed by atoms with E-state index >= 15 is 0 Å². The fourth-order valence-electron chi connectivity index (χ4n) is 3.09. The molecule has 0 aliphatic rings. The number of carbonyl (C=O) groups excluding carboxylic acids is 3. The number of thiophene rings is 1. The minimum absolute atomic E-state index is 0.0434. The standard InChI is InChI=1S/C23H26N4O6S/c1-3-11-26(14-19(28)24-17-8-5-4-7-16(17)2)20(29)15-32-21(30)10-12-27-23(31)33-22(25-27)18-9-6-13-34-18/h4-9,13H,3,10-12,14-15H2,1-2H3,(H,24,28). The second-order valence-corrected chi connectivity index (χ2v) is 8.41. The third-order valence-corrected chi connectivity index (χ3v) is 5.68. The van der Waals surface area contributed by atoms with Crippen LogP contribution in [0.3, 0.4) is 0 Å². The molecule has 11 heteroatoms. The zero-order valence-corrected chi connectivity index (χ0v) is 19.8. The van der Waals surface area contributed by atoms with E-state index in [1.54, 1.807) is 12.1 Å². The second kappa shape index (κ2) is 11.9. The summed E-state index contributed by atoms with van der Waals surface area (Å²) in [7, 11) is 0. The maximum Gasteiger partial charge on any atom is 0.437 e. The van der Waals surface area contributed by atoms with E-state index in [-0.39, 0.29) is 31.3 Å². The highest BCUT2D eigenvalue weighted by Gasteiger charge is 2.19. The third kappa shape index (κ3) is 6.88. The first-order valence-electron chi connectivity index (χ1n) is 10.8. The van der Waals surface area contributed by atoms with Crippen molar-refractivity contribution in [2.45, 2.75) is 33.2 Å². The second-order valence-electron chi connectivity index (χ2n) is 7.46. The first-order valence-corrected chi connectivity index (χ1v) is 11.7. The van der Waals surface area contributed by atoms with Gasteiger partial charge in [0.2, 0.25) is 5.91 Å². The molecule has 0 aliphatic carbocycles. The number of nitrogens with zero attached hydrogens (tertiary/aromatic N) is 3. The fraction of sp³-hybridized carbons (Fsp3) is 0.348. The van der Waals surface area contributed by atoms with Gasteiger partial charge in [-0.05, 0) is 36.4 Å². The van der Waals surface area contributed by atoms with Gasteiger partial charge >= 0.3 is 11.7 Å². The smallest absolute Gasteiger partial charge is 0.437 e. The molecule has 2 amide bonds. The molecule has 34 heavy (non-hydrogen) atoms. The summed E-state index contributed by atoms with van der Waals surface area (Å²) in [5.74, 6) is -1.98. The average Bonchev–Trinajstić information content (AvgIpc) is 3.47. The molecule has 0 radical (unpaired) electrons. The monoisotopic (exact) mass is 486 g/mol. The number of hydrogen-bond donors (Lipinski definition) is 1. The highest BCUT2D eigenvalue weighted by molar-refractivity contribution is 7.13. The Labute approximate surface area is 200 Å². The molecule has 1 aromatic carbocycles. The topological polar surface area (TPSA) is 124 Å². The van der Waals surface area contributed by atoms with Crippen molar-refractivity contribution in [1.29, 1.82) is 0 Å². The average molecular weight is 487 g/mol. The molecule has 0 bridgehead atoms. The summed E-state index contributed by atoms with van der Waals surface area (Å²) in [6.45, 7) is 3.41. The quantitative estimate of drug-likeness (QED) is 0.413. The lowest BCUT2D eigenvalue weighted by molar-refractivity contribution is -0.152. The van der Waals surface area contributed by atoms with Crippen LogP contribution >= 0.6 is 11.3 Å². The van der Waals surface area contributed by atoms with E-state index in [0.29, 0.717) is 23.5 Å². The number of nitrogens with one attached hydrogen (secondary N) is 1. The van der Waals surface area contributed by atoms with Gasteiger partial charge in [0.05, 0.1) is 24.4 Å². The zero-order valence-electron chi connectivity index (χ0n) is 19.0. The van der Waals surface area contributed by atoms with Crippen LogP contribution in [-0.2, 0) is 25.7 Å². The number of benzene rings is 1. The van der Waals surface area contributed by atoms with Crippen LogP contribution < -0.4 is 11.1 Å². The largest absolute Gasteiger partial charge is 0.456 e. The molecule has 180 valence electrons. The molecule has 0 unspecified atom stereocenters. The van der Waals surface area contributed by atoms with Gasteiger partial charge in [-0.3, -0.25) is 14.4 Å². The third-order valence-electron chi connectivity index (χ3n) is 4.82. The highest BCUT2D eigenvalue weighted by Crippen LogP contribution is 2.21. The normalized spacial score (nSPS) is 10.6. The van der Waals surface area contributed by atoms with Crippen LogP contribution in [0.4, 0.5) is 5.69 Å². The Balaban J connectivity index is 1.47. The molecule has 1 N–H and O–H groups in total. The van der Waals surface area contributed by atoms with Gasteiger partial charge in [-0.15, -0.1) is 16.4 Å². The molecule has 0 saturated carbocycles. The number of amides is 2. The maximum atomic E-state index is 12.5. The number of carbonyl (C=O) groups is 3. The van der Waals surface area contributed by atoms with E-state index in [4.69, 9.17) is 9.15 Å². The Morgan fingerprint density at radius 3 is 2.71 bits per heavy atom. The molecule has 3 rings (SSSR count). The van der Waals surface area contributed by atoms with Crippen LogP contribution in [0.15, 0.2) is 51.0 Å². The minimum Gasteiger partial charge on any atom is -0.456 e. The first kappa shape index (κ1) is 24.9. The summed E-state index contributed by atoms with van der Waals surface area (Å²) in [5, 5.41) is 8.68. The van der Waals surface area contributed by atoms with Crippen LogP contribution in [0, 0.1) is 6.92 Å². The summed E-state index contributed by atoms with van der Waals surface area (Å²) in [5.41, 5.74) is 1.58. The molecule has 2 heterocycles. The SMILES string of the molecule is CCCN(CC(=O)Nc1ccccc1C)C(=O)COC(=O)CCn1nc(-c2cccs2)oc1=O. The van der Waals surface area contributed by atoms with Gasteiger partial charge in [0.15, 0.2) is 6.61 Å². The van der Waals surface area contributed by atoms with Gasteiger partial charge in [-0.2, -0.15) is 4.68 Å². The Morgan fingerprint density at radius 2 is 2.00 bits per heavy atom. The zero-order chi connectivity index (χ0) is 24.5. The van der Waals surface area contributed by atoms with E-state index < -0.39 is 24.2 Å². The number of para-hydroxylation sites is 1. The highest BCUT2D eigenvalue weighted by atomic mass is 32.1. The van der Waals surface area contributed by atoms with Gasteiger partial charge in [-0.1, -0.05) is 31.2 Å². The summed E-state index contributed by atoms with van der Waals surface area (Å²) in [4.78, 5) is 51.0. The number of esters is 1. The molecular formula is C23H26N4O6S. The number of anilines is 1. The summed E-state index contributed by atoms with van der Waals surface area (Å²) in [6, 6.07) is 10.9. The van der Waals surface area contributed by atoms with Crippen molar-refractivity contribution in [2.24, 2.45) is 0 Å². The molecular weight excluding hydrogens is 460 g/mol. The maximum absolute atomic E-state index is 12.5. The van der Waals surface area contributed by atoms with Crippen LogP contribution in [0.25, 0.3) is 10.8 Å². The van der Waals surface area contributed by atoms with Gasteiger partial charge < -0.3 is 19.4 Å². The van der Waals surface area contributed by atoms with Crippen molar-refractivity contribution < 1.29 is 23.5 Å². The number of rotatable bonds is 11. The summed E-state index contributed by atoms with van der Waals surface area (Å²) in [6.07, 6.45) is 0.476. The Hall–Kier alpha value is -3.73. The first-order chi connectivity index (χ1) is 16.4. The van der Waals surface area contributed by atoms with Gasteiger partial charge in [0, 0.05) is 12.2 Å². The Kier molecular flexibility index (Phi) is 8.74. The number of aromatic nitrogens is 2. The van der Waals surface area contributed by atoms with Crippen LogP contribution in [0.2, 0.25) is 0 Å². The van der Waals surface area contributed by atoms with Gasteiger partial charge in [0.25, 0.3) is 11.8 Å². The van der Waals surface area contributed by atoms with Crippen molar-refractivity contribution >= 4 is 34.8 Å². The molecule has 3 aromatic rings. The predicted molar refractivity (Wildman–Crippen MR) is 126 cm³/mol. The Morgan fingerprint density at radius 1 is 1.21 bits per heavy atom. The van der Waals surface area contributed by atoms with Crippen LogP contribution in [-0.4, -0.2) is 52.2 Å². The van der Waals surface area contributed by atoms with Crippen LogP contribution in [0.5, 0.6) is 0 Å². The summed E-state index contributed by atoms with van der Waals surface area (Å²) < 4.78 is 11.2. The molecule has 0 atom stereocenters.